The summed E-state index contributed by atoms with van der Waals surface area (Å²) in [7, 11) is 0. The van der Waals surface area contributed by atoms with Crippen molar-refractivity contribution in [2.45, 2.75) is 0 Å². The highest BCUT2D eigenvalue weighted by Crippen LogP contribution is 2.45. The van der Waals surface area contributed by atoms with Crippen molar-refractivity contribution < 1.29 is 0 Å². The second kappa shape index (κ2) is 36.0. The third-order valence-corrected chi connectivity index (χ3v) is 28.4. The molecule has 0 aliphatic rings. The Balaban J connectivity index is 0.000000109. The summed E-state index contributed by atoms with van der Waals surface area (Å²) in [5.74, 6) is 0. The van der Waals surface area contributed by atoms with Gasteiger partial charge in [-0.1, -0.05) is 370 Å². The first-order chi connectivity index (χ1) is 70.4. The van der Waals surface area contributed by atoms with E-state index in [1.807, 2.05) is 0 Å². The maximum atomic E-state index is 2.40. The van der Waals surface area contributed by atoms with E-state index in [-0.39, 0.29) is 0 Å². The van der Waals surface area contributed by atoms with Crippen LogP contribution in [0.5, 0.6) is 0 Å². The van der Waals surface area contributed by atoms with Crippen LogP contribution in [0.2, 0.25) is 0 Å². The van der Waals surface area contributed by atoms with Crippen molar-refractivity contribution in [3.05, 3.63) is 558 Å². The molecule has 23 aromatic carbocycles. The summed E-state index contributed by atoms with van der Waals surface area (Å²) in [6.45, 7) is 0. The number of nitrogens with zero attached hydrogens (tertiary/aromatic N) is 6. The third-order valence-electron chi connectivity index (χ3n) is 28.4. The predicted octanol–water partition coefficient (Wildman–Crippen LogP) is 36.8. The minimum absolute atomic E-state index is 1.12. The van der Waals surface area contributed by atoms with Gasteiger partial charge in [0.05, 0.1) is 55.2 Å². The molecule has 0 atom stereocenters. The van der Waals surface area contributed by atoms with Gasteiger partial charge in [-0.3, -0.25) is 0 Å². The quantitative estimate of drug-likeness (QED) is 0.101. The second-order valence-electron chi connectivity index (χ2n) is 36.7. The number of para-hydroxylation sites is 10. The zero-order valence-corrected chi connectivity index (χ0v) is 77.8. The van der Waals surface area contributed by atoms with E-state index in [0.29, 0.717) is 0 Å². The van der Waals surface area contributed by atoms with E-state index < -0.39 is 0 Å². The molecule has 0 amide bonds. The first-order valence-corrected chi connectivity index (χ1v) is 48.7. The molecule has 0 N–H and O–H groups in total. The van der Waals surface area contributed by atoms with Crippen LogP contribution in [-0.4, -0.2) is 22.8 Å². The molecule has 28 rings (SSSR count). The van der Waals surface area contributed by atoms with Crippen molar-refractivity contribution in [3.8, 4) is 106 Å². The zero-order valence-electron chi connectivity index (χ0n) is 77.8. The lowest BCUT2D eigenvalue weighted by molar-refractivity contribution is 1.18. The standard InChI is InChI=1S/C48H32N2.C46H32N2.C42H28N2/c1-3-12-33(13-4-1)36-14-11-17-40(30-36)50-46-21-10-8-19-42(46)44-32-38(27-29-48(44)50)35-24-22-34(23-25-35)37-26-28-47-43(31-37)41-18-7-9-20-45(41)49(47)39-15-5-2-6-16-39;1-2-12-39(13-3-1)47(41-28-24-36(25-29-41)38-19-18-33-10-4-5-11-37(33)32-38)40-26-20-34(21-27-40)35-22-30-42(31-23-35)48-45-16-8-6-14-43(45)44-15-7-9-17-46(44)48;1-3-11-33(12-4-1)43-39-17-9-7-15-35(39)37-27-31(23-25-41(37)43)29-19-21-30(22-20-29)32-24-26-42-38(28-32)36-16-8-10-18-40(36)44(42)34-13-5-2-6-14-34/h1-32H;1-32H;1-28H. The lowest BCUT2D eigenvalue weighted by Gasteiger charge is -2.26. The van der Waals surface area contributed by atoms with Crippen LogP contribution in [0.4, 0.5) is 17.1 Å². The highest BCUT2D eigenvalue weighted by Gasteiger charge is 2.22. The Bertz CT molecular complexity index is 9360. The van der Waals surface area contributed by atoms with Crippen molar-refractivity contribution in [2.24, 2.45) is 0 Å². The molecular weight excluding hydrogens is 1720 g/mol. The number of fused-ring (bicyclic) bond motifs is 16. The van der Waals surface area contributed by atoms with Gasteiger partial charge >= 0.3 is 0 Å². The van der Waals surface area contributed by atoms with Crippen LogP contribution in [0, 0.1) is 0 Å². The molecule has 0 unspecified atom stereocenters. The van der Waals surface area contributed by atoms with Gasteiger partial charge in [0.25, 0.3) is 0 Å². The molecule has 0 aliphatic heterocycles. The van der Waals surface area contributed by atoms with E-state index in [0.717, 1.165) is 22.7 Å². The summed E-state index contributed by atoms with van der Waals surface area (Å²) < 4.78 is 11.9. The monoisotopic (exact) mass is 1810 g/mol. The van der Waals surface area contributed by atoms with Crippen LogP contribution >= 0.6 is 0 Å². The molecule has 5 heterocycles. The minimum atomic E-state index is 1.12. The number of hydrogen-bond acceptors (Lipinski definition) is 1. The highest BCUT2D eigenvalue weighted by molar-refractivity contribution is 6.15. The molecule has 5 aromatic heterocycles. The van der Waals surface area contributed by atoms with E-state index >= 15 is 0 Å². The predicted molar refractivity (Wildman–Crippen MR) is 601 cm³/mol. The summed E-state index contributed by atoms with van der Waals surface area (Å²) in [4.78, 5) is 2.32. The van der Waals surface area contributed by atoms with Gasteiger partial charge in [0.2, 0.25) is 0 Å². The average Bonchev–Trinajstić information content (AvgIpc) is 1.62. The van der Waals surface area contributed by atoms with Crippen LogP contribution in [-0.2, 0) is 0 Å². The number of benzene rings is 23. The molecule has 142 heavy (non-hydrogen) atoms. The van der Waals surface area contributed by atoms with E-state index in [1.165, 1.54) is 220 Å². The number of aromatic nitrogens is 5. The first-order valence-electron chi connectivity index (χ1n) is 48.7. The number of rotatable bonds is 15. The van der Waals surface area contributed by atoms with Crippen LogP contribution < -0.4 is 4.90 Å². The van der Waals surface area contributed by atoms with Gasteiger partial charge in [-0.25, -0.2) is 0 Å². The lowest BCUT2D eigenvalue weighted by atomic mass is 9.98. The van der Waals surface area contributed by atoms with E-state index in [4.69, 9.17) is 0 Å². The maximum Gasteiger partial charge on any atom is 0.0541 e. The molecule has 0 aliphatic carbocycles. The largest absolute Gasteiger partial charge is 0.311 e. The average molecular weight is 1810 g/mol. The molecule has 28 aromatic rings. The van der Waals surface area contributed by atoms with Crippen LogP contribution in [0.25, 0.3) is 226 Å². The Labute approximate surface area is 823 Å². The fraction of sp³-hybridized carbons (Fsp3) is 0. The van der Waals surface area contributed by atoms with Crippen molar-refractivity contribution >= 4 is 137 Å². The molecule has 0 bridgehead atoms. The van der Waals surface area contributed by atoms with Crippen LogP contribution in [0.15, 0.2) is 558 Å². The second-order valence-corrected chi connectivity index (χ2v) is 36.7. The highest BCUT2D eigenvalue weighted by atomic mass is 15.1. The van der Waals surface area contributed by atoms with Crippen molar-refractivity contribution in [1.29, 1.82) is 0 Å². The molecule has 0 saturated carbocycles. The van der Waals surface area contributed by atoms with Gasteiger partial charge in [-0.2, -0.15) is 0 Å². The lowest BCUT2D eigenvalue weighted by Crippen LogP contribution is -2.09. The number of anilines is 3. The van der Waals surface area contributed by atoms with Crippen molar-refractivity contribution in [3.63, 3.8) is 0 Å². The van der Waals surface area contributed by atoms with Gasteiger partial charge in [-0.05, 0) is 277 Å². The maximum absolute atomic E-state index is 2.40. The Morgan fingerprint density at radius 3 is 0.662 bits per heavy atom. The summed E-state index contributed by atoms with van der Waals surface area (Å²) in [5, 5.41) is 15.2. The zero-order chi connectivity index (χ0) is 93.9. The summed E-state index contributed by atoms with van der Waals surface area (Å²) in [6, 6.07) is 202. The van der Waals surface area contributed by atoms with Gasteiger partial charge in [0.1, 0.15) is 0 Å². The molecular formula is C136H92N6. The SMILES string of the molecule is c1ccc(-c2cccc(-n3c4ccccc4c4cc(-c5ccc(-c6ccc7c(c6)c6ccccc6n7-c6ccccc6)cc5)ccc43)c2)cc1.c1ccc(-n2c3ccccc3c3cc(-c4ccc(-c5ccc6c(c5)c5ccccc5n6-c5ccccc5)cc4)ccc32)cc1.c1ccc(N(c2ccc(-c3ccc(-n4c5ccccc5c5ccccc54)cc3)cc2)c2ccc(-c3ccc4ccccc4c3)cc2)cc1. The van der Waals surface area contributed by atoms with Crippen LogP contribution in [0.3, 0.4) is 0 Å². The molecule has 0 spiro atoms. The fourth-order valence-corrected chi connectivity index (χ4v) is 21.6. The van der Waals surface area contributed by atoms with E-state index in [9.17, 15) is 0 Å². The van der Waals surface area contributed by atoms with Gasteiger partial charge < -0.3 is 27.7 Å². The first kappa shape index (κ1) is 83.7. The molecule has 0 fully saturated rings. The van der Waals surface area contributed by atoms with Gasteiger partial charge in [0.15, 0.2) is 0 Å². The molecule has 0 saturated heterocycles. The third kappa shape index (κ3) is 15.2. The van der Waals surface area contributed by atoms with Crippen LogP contribution in [0.1, 0.15) is 0 Å². The van der Waals surface area contributed by atoms with E-state index in [2.05, 4.69) is 586 Å². The molecule has 6 nitrogen and oxygen atoms in total. The topological polar surface area (TPSA) is 27.9 Å². The smallest absolute Gasteiger partial charge is 0.0541 e. The Kier molecular flexibility index (Phi) is 21.2. The Morgan fingerprint density at radius 2 is 0.310 bits per heavy atom. The molecule has 6 heteroatoms. The molecule has 0 radical (unpaired) electrons. The normalized spacial score (nSPS) is 11.5. The Morgan fingerprint density at radius 1 is 0.106 bits per heavy atom. The summed E-state index contributed by atoms with van der Waals surface area (Å²) >= 11 is 0. The molecule has 666 valence electrons. The number of hydrogen-bond donors (Lipinski definition) is 0. The van der Waals surface area contributed by atoms with Gasteiger partial charge in [-0.15, -0.1) is 0 Å². The summed E-state index contributed by atoms with van der Waals surface area (Å²) in [6.07, 6.45) is 0. The summed E-state index contributed by atoms with van der Waals surface area (Å²) in [5.41, 5.74) is 38.4. The Hall–Kier alpha value is -18.9. The fourth-order valence-electron chi connectivity index (χ4n) is 21.6. The van der Waals surface area contributed by atoms with E-state index in [1.54, 1.807) is 0 Å². The van der Waals surface area contributed by atoms with Crippen molar-refractivity contribution in [1.82, 2.24) is 22.8 Å². The minimum Gasteiger partial charge on any atom is -0.311 e. The van der Waals surface area contributed by atoms with Gasteiger partial charge in [0, 0.05) is 99.4 Å². The van der Waals surface area contributed by atoms with Crippen molar-refractivity contribution in [2.75, 3.05) is 4.90 Å².